The van der Waals surface area contributed by atoms with Crippen LogP contribution in [0, 0.1) is 29.0 Å². The van der Waals surface area contributed by atoms with Crippen molar-refractivity contribution in [2.45, 2.75) is 58.6 Å². The van der Waals surface area contributed by atoms with Crippen molar-refractivity contribution in [2.24, 2.45) is 0 Å². The predicted octanol–water partition coefficient (Wildman–Crippen LogP) is 4.46. The van der Waals surface area contributed by atoms with E-state index in [2.05, 4.69) is 31.2 Å². The second-order valence-corrected chi connectivity index (χ2v) is 12.5. The number of carbonyl (C=O) groups is 1. The fraction of sp³-hybridized carbons (Fsp3) is 0.389. The molecule has 10 nitrogen and oxygen atoms in total. The Morgan fingerprint density at radius 1 is 1.15 bits per heavy atom. The van der Waals surface area contributed by atoms with Crippen LogP contribution in [0.1, 0.15) is 60.1 Å². The summed E-state index contributed by atoms with van der Waals surface area (Å²) in [5, 5.41) is 19.2. The quantitative estimate of drug-likeness (QED) is 0.210. The average molecular weight is 637 g/mol. The molecule has 1 N–H and O–H groups in total. The number of aliphatic hydroxyl groups is 1. The van der Waals surface area contributed by atoms with Gasteiger partial charge in [0.25, 0.3) is 0 Å². The van der Waals surface area contributed by atoms with Gasteiger partial charge in [-0.3, -0.25) is 9.69 Å². The molecule has 0 radical (unpaired) electrons. The van der Waals surface area contributed by atoms with Crippen molar-refractivity contribution in [3.05, 3.63) is 82.4 Å². The Morgan fingerprint density at radius 2 is 1.94 bits per heavy atom. The van der Waals surface area contributed by atoms with Gasteiger partial charge in [0.2, 0.25) is 5.88 Å². The first-order valence-corrected chi connectivity index (χ1v) is 15.7. The van der Waals surface area contributed by atoms with E-state index in [4.69, 9.17) is 19.7 Å². The van der Waals surface area contributed by atoms with Crippen LogP contribution < -0.4 is 9.64 Å². The van der Waals surface area contributed by atoms with Crippen molar-refractivity contribution >= 4 is 22.6 Å². The smallest absolute Gasteiger partial charge is 0.215 e. The van der Waals surface area contributed by atoms with Crippen molar-refractivity contribution in [3.8, 4) is 23.8 Å². The number of carbonyl (C=O) groups excluding carboxylic acids is 1. The number of nitrogens with zero attached hydrogens (tertiary/aromatic N) is 6. The third-order valence-electron chi connectivity index (χ3n) is 8.35. The minimum Gasteiger partial charge on any atom is -0.473 e. The number of hydrogen-bond acceptors (Lipinski definition) is 9. The van der Waals surface area contributed by atoms with Crippen LogP contribution in [0.15, 0.2) is 48.5 Å². The molecule has 4 heterocycles. The standard InChI is InChI=1S/C36H37FN6O4/c1-24(44)28-18-26(9-11-36(2,3)45)35-31(19-28)43(21-29-10-16-46-29)33(40-35)22-41-12-14-42(15-13-41)32-5-4-6-34(39-32)47-23-27-8-7-25(20-38)17-30(27)37/h4-8,17-19,29,45H,10,12-16,21-23H2,1-3H3/t29-/m0/s1. The molecule has 4 aromatic rings. The number of imidazole rings is 1. The lowest BCUT2D eigenvalue weighted by molar-refractivity contribution is -0.0592. The van der Waals surface area contributed by atoms with Crippen molar-refractivity contribution in [1.82, 2.24) is 19.4 Å². The first-order valence-electron chi connectivity index (χ1n) is 15.7. The molecular weight excluding hydrogens is 599 g/mol. The van der Waals surface area contributed by atoms with Gasteiger partial charge in [0.05, 0.1) is 41.9 Å². The summed E-state index contributed by atoms with van der Waals surface area (Å²) in [5.74, 6) is 7.46. The van der Waals surface area contributed by atoms with E-state index in [-0.39, 0.29) is 24.1 Å². The van der Waals surface area contributed by atoms with E-state index in [1.54, 1.807) is 38.1 Å². The molecule has 0 spiro atoms. The number of piperazine rings is 1. The molecule has 47 heavy (non-hydrogen) atoms. The fourth-order valence-electron chi connectivity index (χ4n) is 5.63. The van der Waals surface area contributed by atoms with Crippen molar-refractivity contribution < 1.29 is 23.8 Å². The zero-order valence-corrected chi connectivity index (χ0v) is 26.8. The molecule has 2 fully saturated rings. The minimum atomic E-state index is -1.19. The number of rotatable bonds is 9. The average Bonchev–Trinajstić information content (AvgIpc) is 3.37. The molecular formula is C36H37FN6O4. The van der Waals surface area contributed by atoms with Crippen molar-refractivity contribution in [2.75, 3.05) is 37.7 Å². The molecule has 0 saturated carbocycles. The number of anilines is 1. The van der Waals surface area contributed by atoms with Gasteiger partial charge in [-0.1, -0.05) is 24.0 Å². The van der Waals surface area contributed by atoms with Crippen LogP contribution in [0.2, 0.25) is 0 Å². The molecule has 11 heteroatoms. The highest BCUT2D eigenvalue weighted by Crippen LogP contribution is 2.27. The van der Waals surface area contributed by atoms with Gasteiger partial charge in [-0.15, -0.1) is 0 Å². The molecule has 2 aromatic heterocycles. The molecule has 2 aliphatic rings. The van der Waals surface area contributed by atoms with Crippen molar-refractivity contribution in [1.29, 1.82) is 5.26 Å². The molecule has 0 bridgehead atoms. The molecule has 1 atom stereocenters. The summed E-state index contributed by atoms with van der Waals surface area (Å²) in [6, 6.07) is 15.4. The van der Waals surface area contributed by atoms with Crippen molar-refractivity contribution in [3.63, 3.8) is 0 Å². The molecule has 2 aliphatic heterocycles. The van der Waals surface area contributed by atoms with E-state index in [0.717, 1.165) is 56.4 Å². The van der Waals surface area contributed by atoms with Crippen LogP contribution in [0.5, 0.6) is 5.88 Å². The number of hydrogen-bond donors (Lipinski definition) is 1. The van der Waals surface area contributed by atoms with E-state index in [9.17, 15) is 14.3 Å². The van der Waals surface area contributed by atoms with Crippen LogP contribution >= 0.6 is 0 Å². The molecule has 0 unspecified atom stereocenters. The maximum absolute atomic E-state index is 14.3. The maximum Gasteiger partial charge on any atom is 0.215 e. The summed E-state index contributed by atoms with van der Waals surface area (Å²) in [6.07, 6.45) is 1.05. The SMILES string of the molecule is CC(=O)c1cc(C#CC(C)(C)O)c2nc(CN3CCN(c4cccc(OCc5ccc(C#N)cc5F)n4)CC3)n(C[C@@H]3CCO3)c2c1. The number of pyridine rings is 1. The summed E-state index contributed by atoms with van der Waals surface area (Å²) in [5.41, 5.74) is 2.14. The highest BCUT2D eigenvalue weighted by Gasteiger charge is 2.26. The first-order chi connectivity index (χ1) is 22.6. The fourth-order valence-corrected chi connectivity index (χ4v) is 5.63. The zero-order valence-electron chi connectivity index (χ0n) is 26.8. The lowest BCUT2D eigenvalue weighted by atomic mass is 10.0. The first kappa shape index (κ1) is 32.1. The van der Waals surface area contributed by atoms with Crippen LogP contribution in [0.25, 0.3) is 11.0 Å². The summed E-state index contributed by atoms with van der Waals surface area (Å²) in [6.45, 7) is 9.80. The Bertz CT molecular complexity index is 1900. The van der Waals surface area contributed by atoms with Gasteiger partial charge >= 0.3 is 0 Å². The Balaban J connectivity index is 1.17. The number of ketones is 1. The normalized spacial score (nSPS) is 16.7. The lowest BCUT2D eigenvalue weighted by Crippen LogP contribution is -2.46. The minimum absolute atomic E-state index is 0.00758. The molecule has 2 saturated heterocycles. The van der Waals surface area contributed by atoms with Gasteiger partial charge in [-0.05, 0) is 57.5 Å². The largest absolute Gasteiger partial charge is 0.473 e. The summed E-state index contributed by atoms with van der Waals surface area (Å²) < 4.78 is 28.1. The number of benzene rings is 2. The highest BCUT2D eigenvalue weighted by molar-refractivity contribution is 5.99. The maximum atomic E-state index is 14.3. The monoisotopic (exact) mass is 636 g/mol. The van der Waals surface area contributed by atoms with Gasteiger partial charge in [-0.2, -0.15) is 10.2 Å². The second-order valence-electron chi connectivity index (χ2n) is 12.5. The Labute approximate surface area is 273 Å². The summed E-state index contributed by atoms with van der Waals surface area (Å²) >= 11 is 0. The summed E-state index contributed by atoms with van der Waals surface area (Å²) in [4.78, 5) is 26.7. The number of nitriles is 1. The van der Waals surface area contributed by atoms with Gasteiger partial charge in [0.1, 0.15) is 35.2 Å². The lowest BCUT2D eigenvalue weighted by Gasteiger charge is -2.35. The Kier molecular flexibility index (Phi) is 9.24. The topological polar surface area (TPSA) is 117 Å². The van der Waals surface area contributed by atoms with Crippen LogP contribution in [-0.2, 0) is 24.4 Å². The molecule has 2 aromatic carbocycles. The Morgan fingerprint density at radius 3 is 2.60 bits per heavy atom. The number of ether oxygens (including phenoxy) is 2. The molecule has 6 rings (SSSR count). The van der Waals surface area contributed by atoms with Gasteiger partial charge in [0.15, 0.2) is 5.78 Å². The zero-order chi connectivity index (χ0) is 33.1. The van der Waals surface area contributed by atoms with Crippen LogP contribution in [-0.4, -0.2) is 74.8 Å². The van der Waals surface area contributed by atoms with E-state index < -0.39 is 11.4 Å². The van der Waals surface area contributed by atoms with E-state index in [0.29, 0.717) is 41.2 Å². The van der Waals surface area contributed by atoms with E-state index in [1.807, 2.05) is 24.3 Å². The third kappa shape index (κ3) is 7.61. The third-order valence-corrected chi connectivity index (χ3v) is 8.35. The molecule has 242 valence electrons. The number of fused-ring (bicyclic) bond motifs is 1. The van der Waals surface area contributed by atoms with Gasteiger partial charge < -0.3 is 24.0 Å². The van der Waals surface area contributed by atoms with E-state index >= 15 is 0 Å². The van der Waals surface area contributed by atoms with Crippen LogP contribution in [0.4, 0.5) is 10.2 Å². The van der Waals surface area contributed by atoms with E-state index in [1.165, 1.54) is 13.0 Å². The molecule has 0 amide bonds. The Hall–Kier alpha value is -4.81. The molecule has 0 aliphatic carbocycles. The number of aromatic nitrogens is 3. The van der Waals surface area contributed by atoms with Gasteiger partial charge in [-0.25, -0.2) is 9.37 Å². The van der Waals surface area contributed by atoms with Gasteiger partial charge in [0, 0.05) is 50.0 Å². The summed E-state index contributed by atoms with van der Waals surface area (Å²) in [7, 11) is 0. The highest BCUT2D eigenvalue weighted by atomic mass is 19.1. The van der Waals surface area contributed by atoms with Crippen LogP contribution in [0.3, 0.4) is 0 Å². The number of halogens is 1. The second kappa shape index (κ2) is 13.5. The number of Topliss-reactive ketones (excluding diaryl/α,β-unsaturated/α-hetero) is 1. The predicted molar refractivity (Wildman–Crippen MR) is 174 cm³/mol.